The predicted octanol–water partition coefficient (Wildman–Crippen LogP) is 2.36. The third kappa shape index (κ3) is 1.93. The van der Waals surface area contributed by atoms with E-state index in [2.05, 4.69) is 29.1 Å². The number of hydrogen-bond donors (Lipinski definition) is 1. The van der Waals surface area contributed by atoms with Gasteiger partial charge in [-0.3, -0.25) is 4.68 Å². The highest BCUT2D eigenvalue weighted by atomic mass is 15.3. The number of aromatic nitrogens is 2. The number of nitrogens with one attached hydrogen (secondary N) is 1. The summed E-state index contributed by atoms with van der Waals surface area (Å²) < 4.78 is 2.07. The Kier molecular flexibility index (Phi) is 3.10. The van der Waals surface area contributed by atoms with Gasteiger partial charge in [-0.25, -0.2) is 0 Å². The van der Waals surface area contributed by atoms with Gasteiger partial charge < -0.3 is 5.32 Å². The van der Waals surface area contributed by atoms with Crippen LogP contribution in [-0.4, -0.2) is 16.8 Å². The van der Waals surface area contributed by atoms with E-state index in [4.69, 9.17) is 0 Å². The lowest BCUT2D eigenvalue weighted by atomic mass is 9.97. The van der Waals surface area contributed by atoms with Crippen molar-refractivity contribution in [3.63, 3.8) is 0 Å². The SMILES string of the molecule is CNC(C)c1cnn(C)c1C1CCCC1. The van der Waals surface area contributed by atoms with E-state index in [-0.39, 0.29) is 0 Å². The second kappa shape index (κ2) is 4.35. The monoisotopic (exact) mass is 207 g/mol. The molecule has 15 heavy (non-hydrogen) atoms. The van der Waals surface area contributed by atoms with Gasteiger partial charge in [-0.1, -0.05) is 12.8 Å². The van der Waals surface area contributed by atoms with Crippen molar-refractivity contribution in [3.05, 3.63) is 17.5 Å². The maximum absolute atomic E-state index is 4.41. The van der Waals surface area contributed by atoms with Crippen molar-refractivity contribution >= 4 is 0 Å². The van der Waals surface area contributed by atoms with Gasteiger partial charge in [0, 0.05) is 30.3 Å². The molecule has 2 rings (SSSR count). The highest BCUT2D eigenvalue weighted by Gasteiger charge is 2.24. The fourth-order valence-corrected chi connectivity index (χ4v) is 2.65. The zero-order valence-corrected chi connectivity index (χ0v) is 9.95. The van der Waals surface area contributed by atoms with Crippen LogP contribution in [0.25, 0.3) is 0 Å². The van der Waals surface area contributed by atoms with Crippen LogP contribution in [0.1, 0.15) is 55.8 Å². The number of aryl methyl sites for hydroxylation is 1. The molecule has 0 radical (unpaired) electrons. The Morgan fingerprint density at radius 2 is 2.13 bits per heavy atom. The minimum atomic E-state index is 0.411. The molecule has 0 bridgehead atoms. The maximum atomic E-state index is 4.41. The van der Waals surface area contributed by atoms with Gasteiger partial charge in [-0.05, 0) is 26.8 Å². The molecule has 1 aromatic rings. The third-order valence-electron chi connectivity index (χ3n) is 3.66. The van der Waals surface area contributed by atoms with Gasteiger partial charge in [0.25, 0.3) is 0 Å². The number of hydrogen-bond acceptors (Lipinski definition) is 2. The summed E-state index contributed by atoms with van der Waals surface area (Å²) in [6, 6.07) is 0.411. The zero-order chi connectivity index (χ0) is 10.8. The van der Waals surface area contributed by atoms with Crippen molar-refractivity contribution in [2.45, 2.75) is 44.6 Å². The van der Waals surface area contributed by atoms with E-state index in [1.165, 1.54) is 36.9 Å². The summed E-state index contributed by atoms with van der Waals surface area (Å²) in [5.74, 6) is 0.739. The molecule has 3 nitrogen and oxygen atoms in total. The first kappa shape index (κ1) is 10.7. The van der Waals surface area contributed by atoms with Crippen LogP contribution in [0.4, 0.5) is 0 Å². The maximum Gasteiger partial charge on any atom is 0.0540 e. The van der Waals surface area contributed by atoms with Gasteiger partial charge in [0.1, 0.15) is 0 Å². The molecule has 0 aliphatic heterocycles. The van der Waals surface area contributed by atoms with Crippen molar-refractivity contribution in [1.82, 2.24) is 15.1 Å². The number of rotatable bonds is 3. The quantitative estimate of drug-likeness (QED) is 0.824. The van der Waals surface area contributed by atoms with E-state index in [1.54, 1.807) is 0 Å². The van der Waals surface area contributed by atoms with Crippen molar-refractivity contribution in [2.75, 3.05) is 7.05 Å². The van der Waals surface area contributed by atoms with Crippen LogP contribution in [0.2, 0.25) is 0 Å². The van der Waals surface area contributed by atoms with Crippen molar-refractivity contribution in [2.24, 2.45) is 7.05 Å². The third-order valence-corrected chi connectivity index (χ3v) is 3.66. The molecular formula is C12H21N3. The molecule has 1 fully saturated rings. The molecule has 3 heteroatoms. The molecule has 1 heterocycles. The van der Waals surface area contributed by atoms with Crippen LogP contribution in [0.3, 0.4) is 0 Å². The summed E-state index contributed by atoms with van der Waals surface area (Å²) in [5.41, 5.74) is 2.83. The van der Waals surface area contributed by atoms with Crippen LogP contribution in [0.5, 0.6) is 0 Å². The van der Waals surface area contributed by atoms with Crippen molar-refractivity contribution < 1.29 is 0 Å². The smallest absolute Gasteiger partial charge is 0.0540 e. The van der Waals surface area contributed by atoms with E-state index in [9.17, 15) is 0 Å². The Hall–Kier alpha value is -0.830. The van der Waals surface area contributed by atoms with Crippen LogP contribution < -0.4 is 5.32 Å². The van der Waals surface area contributed by atoms with E-state index in [0.29, 0.717) is 6.04 Å². The standard InChI is InChI=1S/C12H21N3/c1-9(13-2)11-8-14-15(3)12(11)10-6-4-5-7-10/h8-10,13H,4-7H2,1-3H3. The molecule has 84 valence electrons. The molecule has 1 aliphatic rings. The fraction of sp³-hybridized carbons (Fsp3) is 0.750. The van der Waals surface area contributed by atoms with Gasteiger partial charge in [0.2, 0.25) is 0 Å². The molecule has 1 aliphatic carbocycles. The van der Waals surface area contributed by atoms with Crippen molar-refractivity contribution in [3.8, 4) is 0 Å². The molecule has 0 amide bonds. The minimum absolute atomic E-state index is 0.411. The lowest BCUT2D eigenvalue weighted by Crippen LogP contribution is -2.15. The van der Waals surface area contributed by atoms with Gasteiger partial charge in [0.15, 0.2) is 0 Å². The summed E-state index contributed by atoms with van der Waals surface area (Å²) in [6.07, 6.45) is 7.45. The molecular weight excluding hydrogens is 186 g/mol. The second-order valence-corrected chi connectivity index (χ2v) is 4.60. The Morgan fingerprint density at radius 3 is 2.73 bits per heavy atom. The largest absolute Gasteiger partial charge is 0.313 e. The molecule has 0 saturated heterocycles. The molecule has 1 unspecified atom stereocenters. The molecule has 1 aromatic heterocycles. The predicted molar refractivity (Wildman–Crippen MR) is 61.9 cm³/mol. The Labute approximate surface area is 91.9 Å². The van der Waals surface area contributed by atoms with E-state index in [0.717, 1.165) is 5.92 Å². The van der Waals surface area contributed by atoms with E-state index >= 15 is 0 Å². The van der Waals surface area contributed by atoms with E-state index < -0.39 is 0 Å². The summed E-state index contributed by atoms with van der Waals surface area (Å²) in [6.45, 7) is 2.20. The molecule has 1 atom stereocenters. The average Bonchev–Trinajstić information content (AvgIpc) is 2.85. The molecule has 0 aromatic carbocycles. The van der Waals surface area contributed by atoms with Crippen LogP contribution in [0, 0.1) is 0 Å². The van der Waals surface area contributed by atoms with Crippen LogP contribution in [0.15, 0.2) is 6.20 Å². The zero-order valence-electron chi connectivity index (χ0n) is 9.95. The molecule has 1 N–H and O–H groups in total. The highest BCUT2D eigenvalue weighted by Crippen LogP contribution is 2.36. The van der Waals surface area contributed by atoms with Crippen LogP contribution >= 0.6 is 0 Å². The first-order valence-corrected chi connectivity index (χ1v) is 5.93. The lowest BCUT2D eigenvalue weighted by Gasteiger charge is -2.16. The molecule has 0 spiro atoms. The first-order valence-electron chi connectivity index (χ1n) is 5.93. The normalized spacial score (nSPS) is 19.7. The fourth-order valence-electron chi connectivity index (χ4n) is 2.65. The first-order chi connectivity index (χ1) is 7.24. The molecule has 1 saturated carbocycles. The van der Waals surface area contributed by atoms with Gasteiger partial charge in [-0.2, -0.15) is 5.10 Å². The summed E-state index contributed by atoms with van der Waals surface area (Å²) >= 11 is 0. The summed E-state index contributed by atoms with van der Waals surface area (Å²) in [7, 11) is 4.08. The summed E-state index contributed by atoms with van der Waals surface area (Å²) in [5, 5.41) is 7.71. The van der Waals surface area contributed by atoms with Crippen LogP contribution in [-0.2, 0) is 7.05 Å². The lowest BCUT2D eigenvalue weighted by molar-refractivity contribution is 0.585. The Balaban J connectivity index is 2.30. The number of nitrogens with zero attached hydrogens (tertiary/aromatic N) is 2. The Bertz CT molecular complexity index is 324. The highest BCUT2D eigenvalue weighted by molar-refractivity contribution is 5.25. The second-order valence-electron chi connectivity index (χ2n) is 4.60. The topological polar surface area (TPSA) is 29.9 Å². The van der Waals surface area contributed by atoms with Gasteiger partial charge in [0.05, 0.1) is 6.20 Å². The van der Waals surface area contributed by atoms with E-state index in [1.807, 2.05) is 13.2 Å². The Morgan fingerprint density at radius 1 is 1.47 bits per heavy atom. The van der Waals surface area contributed by atoms with Crippen molar-refractivity contribution in [1.29, 1.82) is 0 Å². The minimum Gasteiger partial charge on any atom is -0.313 e. The summed E-state index contributed by atoms with van der Waals surface area (Å²) in [4.78, 5) is 0. The van der Waals surface area contributed by atoms with Gasteiger partial charge >= 0.3 is 0 Å². The average molecular weight is 207 g/mol. The van der Waals surface area contributed by atoms with Gasteiger partial charge in [-0.15, -0.1) is 0 Å².